The zero-order valence-corrected chi connectivity index (χ0v) is 17.5. The Kier molecular flexibility index (Phi) is 4.99. The highest BCUT2D eigenvalue weighted by Crippen LogP contribution is 2.39. The van der Waals surface area contributed by atoms with Crippen LogP contribution in [0.5, 0.6) is 5.88 Å². The third kappa shape index (κ3) is 3.54. The standard InChI is InChI=1S/C25H21N5O2/c1-29-21-14-8-6-12-19(21)26-22(29)15-23(31)27-28-24-18-11-5-7-13-20(18)30(25(24)32)16-17-9-3-2-4-10-17/h2-14,32H,15-16H2,1H3. The van der Waals surface area contributed by atoms with Gasteiger partial charge in [-0.3, -0.25) is 4.79 Å². The number of aromatic hydroxyl groups is 1. The molecule has 0 atom stereocenters. The first-order chi connectivity index (χ1) is 15.6. The topological polar surface area (TPSA) is 84.8 Å². The van der Waals surface area contributed by atoms with Crippen molar-refractivity contribution in [1.29, 1.82) is 0 Å². The lowest BCUT2D eigenvalue weighted by Gasteiger charge is -2.06. The van der Waals surface area contributed by atoms with E-state index in [2.05, 4.69) is 15.2 Å². The number of aromatic nitrogens is 3. The Morgan fingerprint density at radius 1 is 0.938 bits per heavy atom. The molecule has 0 aliphatic carbocycles. The van der Waals surface area contributed by atoms with Crippen LogP contribution in [0.1, 0.15) is 11.4 Å². The second-order valence-corrected chi connectivity index (χ2v) is 7.61. The predicted octanol–water partition coefficient (Wildman–Crippen LogP) is 5.13. The van der Waals surface area contributed by atoms with Gasteiger partial charge in [0.2, 0.25) is 5.88 Å². The summed E-state index contributed by atoms with van der Waals surface area (Å²) in [6.07, 6.45) is 0.0259. The fraction of sp³-hybridized carbons (Fsp3) is 0.120. The number of benzene rings is 3. The average molecular weight is 423 g/mol. The van der Waals surface area contributed by atoms with E-state index < -0.39 is 5.91 Å². The summed E-state index contributed by atoms with van der Waals surface area (Å²) < 4.78 is 3.65. The van der Waals surface area contributed by atoms with E-state index in [0.29, 0.717) is 12.4 Å². The zero-order chi connectivity index (χ0) is 22.1. The van der Waals surface area contributed by atoms with Crippen LogP contribution in [0.15, 0.2) is 89.1 Å². The van der Waals surface area contributed by atoms with Gasteiger partial charge in [-0.1, -0.05) is 60.7 Å². The lowest BCUT2D eigenvalue weighted by molar-refractivity contribution is -0.117. The molecule has 0 aliphatic heterocycles. The van der Waals surface area contributed by atoms with Gasteiger partial charge in [0.05, 0.1) is 29.5 Å². The summed E-state index contributed by atoms with van der Waals surface area (Å²) >= 11 is 0. The molecule has 1 N–H and O–H groups in total. The quantitative estimate of drug-likeness (QED) is 0.398. The number of hydrogen-bond acceptors (Lipinski definition) is 4. The Morgan fingerprint density at radius 3 is 2.41 bits per heavy atom. The third-order valence-corrected chi connectivity index (χ3v) is 5.55. The van der Waals surface area contributed by atoms with E-state index in [0.717, 1.165) is 27.5 Å². The van der Waals surface area contributed by atoms with Gasteiger partial charge in [-0.25, -0.2) is 4.98 Å². The summed E-state index contributed by atoms with van der Waals surface area (Å²) in [5.74, 6) is 0.169. The van der Waals surface area contributed by atoms with Crippen molar-refractivity contribution in [2.24, 2.45) is 17.3 Å². The molecule has 2 aromatic heterocycles. The first-order valence-electron chi connectivity index (χ1n) is 10.3. The van der Waals surface area contributed by atoms with Gasteiger partial charge in [0, 0.05) is 12.4 Å². The van der Waals surface area contributed by atoms with E-state index in [1.165, 1.54) is 0 Å². The monoisotopic (exact) mass is 423 g/mol. The molecule has 0 radical (unpaired) electrons. The highest BCUT2D eigenvalue weighted by molar-refractivity contribution is 5.95. The van der Waals surface area contributed by atoms with Crippen molar-refractivity contribution >= 4 is 33.5 Å². The maximum absolute atomic E-state index is 12.6. The van der Waals surface area contributed by atoms with Crippen molar-refractivity contribution in [2.75, 3.05) is 0 Å². The summed E-state index contributed by atoms with van der Waals surface area (Å²) in [6, 6.07) is 25.1. The Hall–Kier alpha value is -4.26. The van der Waals surface area contributed by atoms with Crippen molar-refractivity contribution in [2.45, 2.75) is 13.0 Å². The van der Waals surface area contributed by atoms with Gasteiger partial charge in [-0.05, 0) is 23.8 Å². The molecule has 0 saturated carbocycles. The van der Waals surface area contributed by atoms with Crippen LogP contribution in [0.2, 0.25) is 0 Å². The van der Waals surface area contributed by atoms with Crippen molar-refractivity contribution < 1.29 is 9.90 Å². The lowest BCUT2D eigenvalue weighted by Crippen LogP contribution is -2.05. The van der Waals surface area contributed by atoms with Crippen molar-refractivity contribution in [3.05, 3.63) is 90.3 Å². The maximum atomic E-state index is 12.6. The Bertz CT molecular complexity index is 1460. The van der Waals surface area contributed by atoms with Gasteiger partial charge in [-0.15, -0.1) is 10.2 Å². The lowest BCUT2D eigenvalue weighted by atomic mass is 10.2. The number of carbonyl (C=O) groups excluding carboxylic acids is 1. The molecule has 7 heteroatoms. The van der Waals surface area contributed by atoms with Gasteiger partial charge in [0.1, 0.15) is 5.82 Å². The van der Waals surface area contributed by atoms with Gasteiger partial charge in [-0.2, -0.15) is 0 Å². The van der Waals surface area contributed by atoms with Gasteiger partial charge in [0.15, 0.2) is 5.69 Å². The van der Waals surface area contributed by atoms with Crippen LogP contribution in [0.3, 0.4) is 0 Å². The minimum absolute atomic E-state index is 0.0191. The number of aryl methyl sites for hydroxylation is 1. The second-order valence-electron chi connectivity index (χ2n) is 7.61. The van der Waals surface area contributed by atoms with E-state index in [1.807, 2.05) is 90.5 Å². The highest BCUT2D eigenvalue weighted by Gasteiger charge is 2.17. The Morgan fingerprint density at radius 2 is 1.62 bits per heavy atom. The number of rotatable bonds is 5. The van der Waals surface area contributed by atoms with Crippen LogP contribution in [-0.4, -0.2) is 25.1 Å². The van der Waals surface area contributed by atoms with Crippen LogP contribution < -0.4 is 0 Å². The molecule has 32 heavy (non-hydrogen) atoms. The molecule has 0 unspecified atom stereocenters. The molecule has 0 aliphatic rings. The van der Waals surface area contributed by atoms with Gasteiger partial charge >= 0.3 is 0 Å². The SMILES string of the molecule is Cn1c(CC(=O)N=Nc2c(O)n(Cc3ccccc3)c3ccccc23)nc2ccccc21. The summed E-state index contributed by atoms with van der Waals surface area (Å²) in [6.45, 7) is 0.483. The van der Waals surface area contributed by atoms with Crippen LogP contribution in [-0.2, 0) is 24.8 Å². The number of fused-ring (bicyclic) bond motifs is 2. The predicted molar refractivity (Wildman–Crippen MR) is 123 cm³/mol. The molecular formula is C25H21N5O2. The summed E-state index contributed by atoms with van der Waals surface area (Å²) in [7, 11) is 1.87. The number of hydrogen-bond donors (Lipinski definition) is 1. The smallest absolute Gasteiger partial charge is 0.272 e. The van der Waals surface area contributed by atoms with Crippen LogP contribution in [0.4, 0.5) is 5.69 Å². The van der Waals surface area contributed by atoms with E-state index in [-0.39, 0.29) is 18.0 Å². The molecule has 3 aromatic carbocycles. The molecule has 158 valence electrons. The summed E-state index contributed by atoms with van der Waals surface area (Å²) in [4.78, 5) is 17.1. The molecule has 5 aromatic rings. The van der Waals surface area contributed by atoms with Gasteiger partial charge in [0.25, 0.3) is 5.91 Å². The third-order valence-electron chi connectivity index (χ3n) is 5.55. The number of amides is 1. The minimum Gasteiger partial charge on any atom is -0.493 e. The second kappa shape index (κ2) is 8.11. The fourth-order valence-electron chi connectivity index (χ4n) is 3.93. The van der Waals surface area contributed by atoms with Crippen LogP contribution in [0.25, 0.3) is 21.9 Å². The zero-order valence-electron chi connectivity index (χ0n) is 17.5. The number of para-hydroxylation sites is 3. The Balaban J connectivity index is 1.45. The molecule has 0 bridgehead atoms. The molecule has 0 fully saturated rings. The van der Waals surface area contributed by atoms with E-state index >= 15 is 0 Å². The first-order valence-corrected chi connectivity index (χ1v) is 10.3. The summed E-state index contributed by atoms with van der Waals surface area (Å²) in [5, 5.41) is 19.7. The van der Waals surface area contributed by atoms with E-state index in [4.69, 9.17) is 0 Å². The van der Waals surface area contributed by atoms with Crippen molar-refractivity contribution in [3.8, 4) is 5.88 Å². The normalized spacial score (nSPS) is 11.7. The van der Waals surface area contributed by atoms with E-state index in [1.54, 1.807) is 4.57 Å². The van der Waals surface area contributed by atoms with Crippen molar-refractivity contribution in [1.82, 2.24) is 14.1 Å². The number of imidazole rings is 1. The molecule has 0 saturated heterocycles. The molecule has 7 nitrogen and oxygen atoms in total. The van der Waals surface area contributed by atoms with Crippen LogP contribution in [0, 0.1) is 0 Å². The first kappa shape index (κ1) is 19.7. The van der Waals surface area contributed by atoms with Crippen LogP contribution >= 0.6 is 0 Å². The molecule has 2 heterocycles. The minimum atomic E-state index is -0.428. The van der Waals surface area contributed by atoms with E-state index in [9.17, 15) is 9.90 Å². The fourth-order valence-corrected chi connectivity index (χ4v) is 3.93. The largest absolute Gasteiger partial charge is 0.493 e. The molecule has 5 rings (SSSR count). The summed E-state index contributed by atoms with van der Waals surface area (Å²) in [5.41, 5.74) is 3.94. The highest BCUT2D eigenvalue weighted by atomic mass is 16.3. The molecule has 1 amide bonds. The molecule has 0 spiro atoms. The number of carbonyl (C=O) groups is 1. The van der Waals surface area contributed by atoms with Crippen molar-refractivity contribution in [3.63, 3.8) is 0 Å². The average Bonchev–Trinajstić information content (AvgIpc) is 3.27. The number of nitrogens with zero attached hydrogens (tertiary/aromatic N) is 5. The number of azo groups is 1. The maximum Gasteiger partial charge on any atom is 0.272 e. The Labute approximate surface area is 184 Å². The molecular weight excluding hydrogens is 402 g/mol. The van der Waals surface area contributed by atoms with Gasteiger partial charge < -0.3 is 14.2 Å².